The van der Waals surface area contributed by atoms with Crippen LogP contribution < -0.4 is 5.32 Å². The van der Waals surface area contributed by atoms with Crippen molar-refractivity contribution in [1.29, 1.82) is 5.26 Å². The largest absolute Gasteiger partial charge is 0.343 e. The summed E-state index contributed by atoms with van der Waals surface area (Å²) >= 11 is 3.28. The third-order valence-electron chi connectivity index (χ3n) is 1.85. The molecule has 0 spiro atoms. The maximum atomic E-state index is 11.5. The van der Waals surface area contributed by atoms with Crippen molar-refractivity contribution in [2.24, 2.45) is 0 Å². The van der Waals surface area contributed by atoms with Crippen LogP contribution in [0, 0.1) is 11.3 Å². The van der Waals surface area contributed by atoms with Gasteiger partial charge in [-0.25, -0.2) is 0 Å². The summed E-state index contributed by atoms with van der Waals surface area (Å²) in [5.74, 6) is -0.224. The van der Waals surface area contributed by atoms with Gasteiger partial charge in [-0.2, -0.15) is 5.26 Å². The molecule has 1 rings (SSSR count). The first-order valence-electron chi connectivity index (χ1n) is 4.68. The van der Waals surface area contributed by atoms with E-state index < -0.39 is 6.10 Å². The van der Waals surface area contributed by atoms with Crippen molar-refractivity contribution in [2.45, 2.75) is 13.0 Å². The van der Waals surface area contributed by atoms with Gasteiger partial charge in [0.15, 0.2) is 0 Å². The highest BCUT2D eigenvalue weighted by Gasteiger charge is 2.05. The number of ether oxygens (including phenoxy) is 1. The molecule has 0 bridgehead atoms. The molecule has 1 aromatic rings. The molecule has 0 aliphatic rings. The van der Waals surface area contributed by atoms with E-state index in [4.69, 9.17) is 10.00 Å². The summed E-state index contributed by atoms with van der Waals surface area (Å²) in [6.07, 6.45) is -0.523. The average molecular weight is 283 g/mol. The fourth-order valence-electron chi connectivity index (χ4n) is 0.973. The summed E-state index contributed by atoms with van der Waals surface area (Å²) < 4.78 is 5.92. The lowest BCUT2D eigenvalue weighted by atomic mass is 10.2. The Hall–Kier alpha value is -1.38. The van der Waals surface area contributed by atoms with E-state index in [0.717, 1.165) is 4.47 Å². The molecule has 84 valence electrons. The van der Waals surface area contributed by atoms with Crippen LogP contribution in [-0.4, -0.2) is 18.7 Å². The van der Waals surface area contributed by atoms with Gasteiger partial charge in [0.05, 0.1) is 6.07 Å². The van der Waals surface area contributed by atoms with E-state index in [1.807, 2.05) is 6.07 Å². The number of nitrogens with one attached hydrogen (secondary N) is 1. The highest BCUT2D eigenvalue weighted by atomic mass is 79.9. The average Bonchev–Trinajstić information content (AvgIpc) is 2.29. The summed E-state index contributed by atoms with van der Waals surface area (Å²) in [5, 5.41) is 11.0. The fraction of sp³-hybridized carbons (Fsp3) is 0.273. The Kier molecular flexibility index (Phi) is 4.96. The van der Waals surface area contributed by atoms with Crippen LogP contribution in [0.4, 0.5) is 0 Å². The van der Waals surface area contributed by atoms with E-state index in [9.17, 15) is 4.79 Å². The number of nitriles is 1. The summed E-state index contributed by atoms with van der Waals surface area (Å²) in [6.45, 7) is 1.65. The number of carbonyl (C=O) groups is 1. The van der Waals surface area contributed by atoms with Gasteiger partial charge < -0.3 is 10.1 Å². The first-order chi connectivity index (χ1) is 7.63. The molecule has 0 aromatic heterocycles. The second-order valence-electron chi connectivity index (χ2n) is 3.10. The van der Waals surface area contributed by atoms with E-state index in [0.29, 0.717) is 5.56 Å². The second kappa shape index (κ2) is 6.26. The highest BCUT2D eigenvalue weighted by molar-refractivity contribution is 9.10. The maximum absolute atomic E-state index is 11.5. The van der Waals surface area contributed by atoms with Gasteiger partial charge in [-0.15, -0.1) is 0 Å². The lowest BCUT2D eigenvalue weighted by Gasteiger charge is -2.07. The first kappa shape index (κ1) is 12.7. The van der Waals surface area contributed by atoms with Gasteiger partial charge in [-0.05, 0) is 31.2 Å². The molecule has 0 fully saturated rings. The van der Waals surface area contributed by atoms with Crippen molar-refractivity contribution in [2.75, 3.05) is 6.73 Å². The monoisotopic (exact) mass is 282 g/mol. The lowest BCUT2D eigenvalue weighted by molar-refractivity contribution is 0.0685. The summed E-state index contributed by atoms with van der Waals surface area (Å²) in [5.41, 5.74) is 0.552. The molecule has 0 saturated carbocycles. The standard InChI is InChI=1S/C11H11BrN2O2/c1-8(6-13)16-7-14-11(15)9-2-4-10(12)5-3-9/h2-5,8H,7H2,1H3,(H,14,15). The molecule has 0 radical (unpaired) electrons. The Morgan fingerprint density at radius 3 is 2.75 bits per heavy atom. The molecule has 1 unspecified atom stereocenters. The van der Waals surface area contributed by atoms with Crippen LogP contribution in [0.25, 0.3) is 0 Å². The normalized spacial score (nSPS) is 11.6. The molecule has 0 aliphatic heterocycles. The summed E-state index contributed by atoms with van der Waals surface area (Å²) in [7, 11) is 0. The molecule has 1 amide bonds. The molecule has 5 heteroatoms. The van der Waals surface area contributed by atoms with Gasteiger partial charge >= 0.3 is 0 Å². The molecule has 16 heavy (non-hydrogen) atoms. The van der Waals surface area contributed by atoms with Crippen LogP contribution in [0.3, 0.4) is 0 Å². The van der Waals surface area contributed by atoms with E-state index in [1.54, 1.807) is 31.2 Å². The minimum Gasteiger partial charge on any atom is -0.343 e. The predicted octanol–water partition coefficient (Wildman–Crippen LogP) is 2.07. The molecule has 4 nitrogen and oxygen atoms in total. The molecule has 1 aromatic carbocycles. The molecule has 0 saturated heterocycles. The zero-order chi connectivity index (χ0) is 12.0. The molecular formula is C11H11BrN2O2. The molecular weight excluding hydrogens is 272 g/mol. The fourth-order valence-corrected chi connectivity index (χ4v) is 1.24. The SMILES string of the molecule is CC(C#N)OCNC(=O)c1ccc(Br)cc1. The summed E-state index contributed by atoms with van der Waals surface area (Å²) in [4.78, 5) is 11.5. The second-order valence-corrected chi connectivity index (χ2v) is 4.01. The van der Waals surface area contributed by atoms with Crippen molar-refractivity contribution in [3.63, 3.8) is 0 Å². The number of benzene rings is 1. The minimum atomic E-state index is -0.523. The zero-order valence-corrected chi connectivity index (χ0v) is 10.3. The van der Waals surface area contributed by atoms with Gasteiger partial charge in [0.1, 0.15) is 12.8 Å². The van der Waals surface area contributed by atoms with Crippen LogP contribution in [-0.2, 0) is 4.74 Å². The Balaban J connectivity index is 2.42. The number of nitrogens with zero attached hydrogens (tertiary/aromatic N) is 1. The van der Waals surface area contributed by atoms with E-state index in [-0.39, 0.29) is 12.6 Å². The Morgan fingerprint density at radius 1 is 1.56 bits per heavy atom. The van der Waals surface area contributed by atoms with Crippen molar-refractivity contribution in [3.05, 3.63) is 34.3 Å². The number of halogens is 1. The smallest absolute Gasteiger partial charge is 0.253 e. The number of hydrogen-bond donors (Lipinski definition) is 1. The van der Waals surface area contributed by atoms with E-state index in [1.165, 1.54) is 0 Å². The Bertz CT molecular complexity index is 397. The van der Waals surface area contributed by atoms with Crippen LogP contribution in [0.15, 0.2) is 28.7 Å². The number of amides is 1. The van der Waals surface area contributed by atoms with Crippen molar-refractivity contribution in [3.8, 4) is 6.07 Å². The van der Waals surface area contributed by atoms with Gasteiger partial charge in [0, 0.05) is 10.0 Å². The van der Waals surface area contributed by atoms with Crippen molar-refractivity contribution in [1.82, 2.24) is 5.32 Å². The highest BCUT2D eigenvalue weighted by Crippen LogP contribution is 2.10. The lowest BCUT2D eigenvalue weighted by Crippen LogP contribution is -2.27. The molecule has 0 heterocycles. The van der Waals surface area contributed by atoms with E-state index >= 15 is 0 Å². The number of hydrogen-bond acceptors (Lipinski definition) is 3. The van der Waals surface area contributed by atoms with Gasteiger partial charge in [-0.1, -0.05) is 15.9 Å². The van der Waals surface area contributed by atoms with Crippen LogP contribution >= 0.6 is 15.9 Å². The molecule has 1 N–H and O–H groups in total. The number of rotatable bonds is 4. The van der Waals surface area contributed by atoms with Crippen LogP contribution in [0.1, 0.15) is 17.3 Å². The predicted molar refractivity (Wildman–Crippen MR) is 62.6 cm³/mol. The minimum absolute atomic E-state index is 0.0314. The quantitative estimate of drug-likeness (QED) is 0.860. The van der Waals surface area contributed by atoms with Gasteiger partial charge in [-0.3, -0.25) is 4.79 Å². The molecule has 1 atom stereocenters. The summed E-state index contributed by atoms with van der Waals surface area (Å²) in [6, 6.07) is 8.88. The van der Waals surface area contributed by atoms with Crippen LogP contribution in [0.2, 0.25) is 0 Å². The van der Waals surface area contributed by atoms with Crippen LogP contribution in [0.5, 0.6) is 0 Å². The third kappa shape index (κ3) is 4.01. The Labute approximate surface area is 102 Å². The topological polar surface area (TPSA) is 62.1 Å². The Morgan fingerprint density at radius 2 is 2.19 bits per heavy atom. The van der Waals surface area contributed by atoms with Gasteiger partial charge in [0.2, 0.25) is 0 Å². The van der Waals surface area contributed by atoms with Crippen molar-refractivity contribution < 1.29 is 9.53 Å². The first-order valence-corrected chi connectivity index (χ1v) is 5.48. The molecule has 0 aliphatic carbocycles. The zero-order valence-electron chi connectivity index (χ0n) is 8.74. The van der Waals surface area contributed by atoms with Gasteiger partial charge in [0.25, 0.3) is 5.91 Å². The number of carbonyl (C=O) groups excluding carboxylic acids is 1. The van der Waals surface area contributed by atoms with E-state index in [2.05, 4.69) is 21.2 Å². The third-order valence-corrected chi connectivity index (χ3v) is 2.38. The van der Waals surface area contributed by atoms with Crippen molar-refractivity contribution >= 4 is 21.8 Å². The maximum Gasteiger partial charge on any atom is 0.253 e.